The number of anilines is 1. The molecule has 1 aliphatic heterocycles. The van der Waals surface area contributed by atoms with Gasteiger partial charge < -0.3 is 10.6 Å². The van der Waals surface area contributed by atoms with E-state index in [1.165, 1.54) is 0 Å². The fraction of sp³-hybridized carbons (Fsp3) is 0.500. The highest BCUT2D eigenvalue weighted by molar-refractivity contribution is 9.10. The van der Waals surface area contributed by atoms with Gasteiger partial charge in [0, 0.05) is 23.5 Å². The number of hydrogen-bond acceptors (Lipinski definition) is 3. The van der Waals surface area contributed by atoms with E-state index in [-0.39, 0.29) is 5.92 Å². The molecule has 5 heteroatoms. The molecule has 17 heavy (non-hydrogen) atoms. The molecule has 1 aromatic rings. The van der Waals surface area contributed by atoms with E-state index >= 15 is 0 Å². The average molecular weight is 297 g/mol. The first-order valence-corrected chi connectivity index (χ1v) is 6.59. The zero-order valence-corrected chi connectivity index (χ0v) is 11.5. The van der Waals surface area contributed by atoms with Crippen molar-refractivity contribution in [3.8, 4) is 0 Å². The van der Waals surface area contributed by atoms with Crippen LogP contribution in [-0.2, 0) is 0 Å². The van der Waals surface area contributed by atoms with Crippen molar-refractivity contribution in [2.75, 3.05) is 18.0 Å². The summed E-state index contributed by atoms with van der Waals surface area (Å²) >= 11 is 3.46. The van der Waals surface area contributed by atoms with E-state index in [9.17, 15) is 0 Å². The number of nitrogens with one attached hydrogen (secondary N) is 1. The Balaban J connectivity index is 2.05. The number of nitrogens with zero attached hydrogens (tertiary/aromatic N) is 2. The van der Waals surface area contributed by atoms with Gasteiger partial charge in [-0.15, -0.1) is 0 Å². The Morgan fingerprint density at radius 2 is 2.12 bits per heavy atom. The fourth-order valence-electron chi connectivity index (χ4n) is 2.13. The van der Waals surface area contributed by atoms with E-state index in [0.717, 1.165) is 41.9 Å². The number of rotatable bonds is 2. The summed E-state index contributed by atoms with van der Waals surface area (Å²) in [5.41, 5.74) is 6.55. The van der Waals surface area contributed by atoms with Crippen LogP contribution < -0.4 is 10.6 Å². The molecule has 0 atom stereocenters. The maximum Gasteiger partial charge on any atom is 0.128 e. The third kappa shape index (κ3) is 2.77. The highest BCUT2D eigenvalue weighted by Crippen LogP contribution is 2.24. The summed E-state index contributed by atoms with van der Waals surface area (Å²) in [4.78, 5) is 6.82. The molecule has 0 amide bonds. The average Bonchev–Trinajstić information content (AvgIpc) is 2.33. The molecule has 2 heterocycles. The quantitative estimate of drug-likeness (QED) is 0.650. The number of nitrogens with two attached hydrogens (primary N) is 1. The predicted octanol–water partition coefficient (Wildman–Crippen LogP) is 2.30. The SMILES string of the molecule is Cc1nc(N2CCC(C(=N)N)CC2)ccc1Br. The molecule has 92 valence electrons. The van der Waals surface area contributed by atoms with Gasteiger partial charge >= 0.3 is 0 Å². The smallest absolute Gasteiger partial charge is 0.128 e. The number of pyridine rings is 1. The van der Waals surface area contributed by atoms with Crippen LogP contribution in [0.1, 0.15) is 18.5 Å². The number of amidine groups is 1. The van der Waals surface area contributed by atoms with Crippen molar-refractivity contribution in [2.24, 2.45) is 11.7 Å². The molecule has 0 radical (unpaired) electrons. The van der Waals surface area contributed by atoms with Crippen molar-refractivity contribution < 1.29 is 0 Å². The molecule has 1 fully saturated rings. The second-order valence-corrected chi connectivity index (χ2v) is 5.31. The minimum Gasteiger partial charge on any atom is -0.387 e. The van der Waals surface area contributed by atoms with Crippen LogP contribution >= 0.6 is 15.9 Å². The lowest BCUT2D eigenvalue weighted by Gasteiger charge is -2.32. The van der Waals surface area contributed by atoms with Crippen LogP contribution in [0.15, 0.2) is 16.6 Å². The zero-order valence-electron chi connectivity index (χ0n) is 9.91. The molecule has 0 saturated carbocycles. The number of aromatic nitrogens is 1. The topological polar surface area (TPSA) is 66.0 Å². The van der Waals surface area contributed by atoms with Crippen molar-refractivity contribution in [1.82, 2.24) is 4.98 Å². The molecule has 0 bridgehead atoms. The summed E-state index contributed by atoms with van der Waals surface area (Å²) in [5, 5.41) is 7.46. The van der Waals surface area contributed by atoms with E-state index < -0.39 is 0 Å². The van der Waals surface area contributed by atoms with E-state index in [2.05, 4.69) is 25.8 Å². The largest absolute Gasteiger partial charge is 0.387 e. The molecule has 0 aromatic carbocycles. The summed E-state index contributed by atoms with van der Waals surface area (Å²) in [6.45, 7) is 3.85. The Bertz CT molecular complexity index is 425. The van der Waals surface area contributed by atoms with Crippen molar-refractivity contribution in [3.63, 3.8) is 0 Å². The van der Waals surface area contributed by atoms with Gasteiger partial charge in [0.1, 0.15) is 5.82 Å². The molecule has 1 saturated heterocycles. The molecule has 0 unspecified atom stereocenters. The number of piperidine rings is 1. The number of aryl methyl sites for hydroxylation is 1. The molecule has 4 nitrogen and oxygen atoms in total. The van der Waals surface area contributed by atoms with Crippen molar-refractivity contribution in [1.29, 1.82) is 5.41 Å². The normalized spacial score (nSPS) is 17.2. The summed E-state index contributed by atoms with van der Waals surface area (Å²) in [5.74, 6) is 1.60. The first-order chi connectivity index (χ1) is 8.08. The molecule has 1 aliphatic rings. The number of hydrogen-bond donors (Lipinski definition) is 2. The maximum absolute atomic E-state index is 7.46. The standard InChI is InChI=1S/C12H17BrN4/c1-8-10(13)2-3-11(16-8)17-6-4-9(5-7-17)12(14)15/h2-3,9H,4-7H2,1H3,(H3,14,15). The second-order valence-electron chi connectivity index (χ2n) is 4.45. The second kappa shape index (κ2) is 5.04. The highest BCUT2D eigenvalue weighted by Gasteiger charge is 2.22. The van der Waals surface area contributed by atoms with Gasteiger partial charge in [0.15, 0.2) is 0 Å². The van der Waals surface area contributed by atoms with Crippen molar-refractivity contribution in [2.45, 2.75) is 19.8 Å². The van der Waals surface area contributed by atoms with Gasteiger partial charge in [-0.25, -0.2) is 4.98 Å². The first kappa shape index (κ1) is 12.4. The molecule has 1 aromatic heterocycles. The van der Waals surface area contributed by atoms with Crippen LogP contribution in [0, 0.1) is 18.3 Å². The van der Waals surface area contributed by atoms with Gasteiger partial charge in [-0.3, -0.25) is 5.41 Å². The first-order valence-electron chi connectivity index (χ1n) is 5.80. The zero-order chi connectivity index (χ0) is 12.4. The van der Waals surface area contributed by atoms with Crippen molar-refractivity contribution >= 4 is 27.6 Å². The van der Waals surface area contributed by atoms with Gasteiger partial charge in [0.25, 0.3) is 0 Å². The molecular weight excluding hydrogens is 280 g/mol. The van der Waals surface area contributed by atoms with Crippen LogP contribution in [0.25, 0.3) is 0 Å². The Labute approximate surface area is 110 Å². The summed E-state index contributed by atoms with van der Waals surface area (Å²) in [7, 11) is 0. The summed E-state index contributed by atoms with van der Waals surface area (Å²) in [6, 6.07) is 4.07. The Morgan fingerprint density at radius 1 is 1.47 bits per heavy atom. The maximum atomic E-state index is 7.46. The monoisotopic (exact) mass is 296 g/mol. The van der Waals surface area contributed by atoms with Crippen LogP contribution in [0.3, 0.4) is 0 Å². The lowest BCUT2D eigenvalue weighted by atomic mass is 9.96. The Morgan fingerprint density at radius 3 is 2.65 bits per heavy atom. The van der Waals surface area contributed by atoms with E-state index in [0.29, 0.717) is 5.84 Å². The fourth-order valence-corrected chi connectivity index (χ4v) is 2.35. The Hall–Kier alpha value is -1.10. The van der Waals surface area contributed by atoms with Crippen LogP contribution in [0.4, 0.5) is 5.82 Å². The lowest BCUT2D eigenvalue weighted by molar-refractivity contribution is 0.495. The van der Waals surface area contributed by atoms with Crippen LogP contribution in [-0.4, -0.2) is 23.9 Å². The molecule has 3 N–H and O–H groups in total. The highest BCUT2D eigenvalue weighted by atomic mass is 79.9. The van der Waals surface area contributed by atoms with Crippen LogP contribution in [0.2, 0.25) is 0 Å². The van der Waals surface area contributed by atoms with Gasteiger partial charge in [0.05, 0.1) is 11.5 Å². The lowest BCUT2D eigenvalue weighted by Crippen LogP contribution is -2.38. The molecule has 0 spiro atoms. The minimum atomic E-state index is 0.253. The third-order valence-corrected chi connectivity index (χ3v) is 4.10. The van der Waals surface area contributed by atoms with E-state index in [1.807, 2.05) is 19.1 Å². The minimum absolute atomic E-state index is 0.253. The van der Waals surface area contributed by atoms with Crippen molar-refractivity contribution in [3.05, 3.63) is 22.3 Å². The van der Waals surface area contributed by atoms with Gasteiger partial charge in [-0.05, 0) is 47.8 Å². The van der Waals surface area contributed by atoms with Gasteiger partial charge in [-0.2, -0.15) is 0 Å². The van der Waals surface area contributed by atoms with Gasteiger partial charge in [0.2, 0.25) is 0 Å². The van der Waals surface area contributed by atoms with E-state index in [1.54, 1.807) is 0 Å². The Kier molecular flexibility index (Phi) is 3.66. The summed E-state index contributed by atoms with van der Waals surface area (Å²) < 4.78 is 1.04. The van der Waals surface area contributed by atoms with Crippen LogP contribution in [0.5, 0.6) is 0 Å². The molecule has 0 aliphatic carbocycles. The predicted molar refractivity (Wildman–Crippen MR) is 73.5 cm³/mol. The van der Waals surface area contributed by atoms with Gasteiger partial charge in [-0.1, -0.05) is 0 Å². The molecule has 2 rings (SSSR count). The summed E-state index contributed by atoms with van der Waals surface area (Å²) in [6.07, 6.45) is 1.90. The van der Waals surface area contributed by atoms with E-state index in [4.69, 9.17) is 11.1 Å². The third-order valence-electron chi connectivity index (χ3n) is 3.27. The molecular formula is C12H17BrN4. The number of halogens is 1.